The third-order valence-corrected chi connectivity index (χ3v) is 5.57. The van der Waals surface area contributed by atoms with E-state index in [-0.39, 0.29) is 12.2 Å². The minimum absolute atomic E-state index is 0.116. The van der Waals surface area contributed by atoms with Crippen LogP contribution in [0.5, 0.6) is 17.2 Å². The number of esters is 1. The number of urea groups is 1. The molecule has 1 aliphatic rings. The van der Waals surface area contributed by atoms with Crippen molar-refractivity contribution in [2.24, 2.45) is 11.0 Å². The van der Waals surface area contributed by atoms with Crippen LogP contribution >= 0.6 is 0 Å². The zero-order valence-electron chi connectivity index (χ0n) is 22.8. The number of nitrogens with zero attached hydrogens (tertiary/aromatic N) is 1. The number of methoxy groups -OCH3 is 1. The molecule has 0 saturated heterocycles. The van der Waals surface area contributed by atoms with Crippen LogP contribution in [0.2, 0.25) is 0 Å². The summed E-state index contributed by atoms with van der Waals surface area (Å²) < 4.78 is 22.1. The van der Waals surface area contributed by atoms with Gasteiger partial charge in [0.25, 0.3) is 0 Å². The van der Waals surface area contributed by atoms with E-state index in [0.29, 0.717) is 41.9 Å². The van der Waals surface area contributed by atoms with Crippen molar-refractivity contribution in [3.8, 4) is 17.2 Å². The Hall–Kier alpha value is -4.25. The van der Waals surface area contributed by atoms with Crippen LogP contribution in [0.25, 0.3) is 0 Å². The molecule has 1 heterocycles. The van der Waals surface area contributed by atoms with Gasteiger partial charge in [-0.05, 0) is 67.3 Å². The predicted molar refractivity (Wildman–Crippen MR) is 146 cm³/mol. The summed E-state index contributed by atoms with van der Waals surface area (Å²) in [6.07, 6.45) is 0.488. The minimum Gasteiger partial charge on any atom is -0.493 e. The molecule has 0 spiro atoms. The fraction of sp³-hybridized carbons (Fsp3) is 0.393. The van der Waals surface area contributed by atoms with E-state index in [0.717, 1.165) is 11.3 Å². The third-order valence-electron chi connectivity index (χ3n) is 5.57. The molecule has 2 amide bonds. The summed E-state index contributed by atoms with van der Waals surface area (Å²) in [6.45, 7) is 8.51. The second-order valence-electron chi connectivity index (χ2n) is 9.19. The van der Waals surface area contributed by atoms with Crippen LogP contribution in [-0.4, -0.2) is 56.5 Å². The van der Waals surface area contributed by atoms with Gasteiger partial charge in [0.15, 0.2) is 17.7 Å². The largest absolute Gasteiger partial charge is 0.493 e. The number of ether oxygens (including phenoxy) is 4. The van der Waals surface area contributed by atoms with Crippen molar-refractivity contribution in [2.75, 3.05) is 26.9 Å². The molecule has 210 valence electrons. The Balaban J connectivity index is 1.62. The number of carbonyl (C=O) groups is 2. The first-order chi connectivity index (χ1) is 18.7. The van der Waals surface area contributed by atoms with Gasteiger partial charge >= 0.3 is 12.0 Å². The monoisotopic (exact) mass is 540 g/mol. The van der Waals surface area contributed by atoms with Crippen LogP contribution in [0.1, 0.15) is 44.9 Å². The van der Waals surface area contributed by atoms with E-state index >= 15 is 0 Å². The van der Waals surface area contributed by atoms with Gasteiger partial charge in [-0.1, -0.05) is 19.9 Å². The highest BCUT2D eigenvalue weighted by molar-refractivity contribution is 5.95. The van der Waals surface area contributed by atoms with Crippen molar-refractivity contribution < 1.29 is 33.6 Å². The van der Waals surface area contributed by atoms with Gasteiger partial charge in [-0.3, -0.25) is 5.43 Å². The highest BCUT2D eigenvalue weighted by atomic mass is 16.5. The Labute approximate surface area is 228 Å². The lowest BCUT2D eigenvalue weighted by atomic mass is 9.95. The van der Waals surface area contributed by atoms with Gasteiger partial charge in [0.2, 0.25) is 0 Å². The Morgan fingerprint density at radius 1 is 1.10 bits per heavy atom. The van der Waals surface area contributed by atoms with E-state index in [9.17, 15) is 14.7 Å². The second kappa shape index (κ2) is 14.1. The lowest BCUT2D eigenvalue weighted by Gasteiger charge is -2.28. The highest BCUT2D eigenvalue weighted by Gasteiger charge is 2.32. The molecule has 0 radical (unpaired) electrons. The molecule has 0 unspecified atom stereocenters. The SMILES string of the molecule is CCOc1cc([C@@H]2NC(=O)NC(C)=C2C(=O)OC)ccc1OC[C@@H](O)N/N=C\c1ccc(OCC(C)C)cc1. The van der Waals surface area contributed by atoms with Gasteiger partial charge in [-0.2, -0.15) is 5.10 Å². The van der Waals surface area contributed by atoms with Crippen LogP contribution < -0.4 is 30.3 Å². The second-order valence-corrected chi connectivity index (χ2v) is 9.19. The van der Waals surface area contributed by atoms with Gasteiger partial charge in [-0.15, -0.1) is 0 Å². The maximum Gasteiger partial charge on any atom is 0.337 e. The van der Waals surface area contributed by atoms with Gasteiger partial charge in [0, 0.05) is 5.70 Å². The Kier molecular flexibility index (Phi) is 10.6. The van der Waals surface area contributed by atoms with Gasteiger partial charge < -0.3 is 34.7 Å². The van der Waals surface area contributed by atoms with Crippen molar-refractivity contribution >= 4 is 18.2 Å². The summed E-state index contributed by atoms with van der Waals surface area (Å²) in [7, 11) is 1.28. The maximum atomic E-state index is 12.4. The minimum atomic E-state index is -1.09. The molecular formula is C28H36N4O7. The molecule has 1 aliphatic heterocycles. The average Bonchev–Trinajstić information content (AvgIpc) is 2.91. The smallest absolute Gasteiger partial charge is 0.337 e. The van der Waals surface area contributed by atoms with Crippen molar-refractivity contribution in [3.05, 3.63) is 64.9 Å². The molecule has 4 N–H and O–H groups in total. The summed E-state index contributed by atoms with van der Waals surface area (Å²) in [5, 5.41) is 19.7. The van der Waals surface area contributed by atoms with E-state index in [4.69, 9.17) is 18.9 Å². The fourth-order valence-electron chi connectivity index (χ4n) is 3.73. The normalized spacial score (nSPS) is 16.0. The lowest BCUT2D eigenvalue weighted by molar-refractivity contribution is -0.136. The van der Waals surface area contributed by atoms with Crippen LogP contribution in [0, 0.1) is 5.92 Å². The van der Waals surface area contributed by atoms with Gasteiger partial charge in [0.05, 0.1) is 38.2 Å². The van der Waals surface area contributed by atoms with Gasteiger partial charge in [0.1, 0.15) is 12.4 Å². The maximum absolute atomic E-state index is 12.4. The molecule has 0 bridgehead atoms. The lowest BCUT2D eigenvalue weighted by Crippen LogP contribution is -2.45. The zero-order chi connectivity index (χ0) is 28.4. The molecule has 2 aromatic carbocycles. The van der Waals surface area contributed by atoms with Crippen LogP contribution in [-0.2, 0) is 9.53 Å². The van der Waals surface area contributed by atoms with E-state index < -0.39 is 24.3 Å². The third kappa shape index (κ3) is 8.37. The highest BCUT2D eigenvalue weighted by Crippen LogP contribution is 2.34. The van der Waals surface area contributed by atoms with Crippen molar-refractivity contribution in [1.82, 2.24) is 16.1 Å². The van der Waals surface area contributed by atoms with E-state index in [2.05, 4.69) is 35.0 Å². The number of amides is 2. The Bertz CT molecular complexity index is 1190. The average molecular weight is 541 g/mol. The summed E-state index contributed by atoms with van der Waals surface area (Å²) in [5.41, 5.74) is 4.74. The van der Waals surface area contributed by atoms with E-state index in [1.54, 1.807) is 31.3 Å². The molecule has 0 aromatic heterocycles. The Morgan fingerprint density at radius 2 is 1.85 bits per heavy atom. The number of rotatable bonds is 13. The van der Waals surface area contributed by atoms with Crippen LogP contribution in [0.3, 0.4) is 0 Å². The molecule has 3 rings (SSSR count). The first-order valence-electron chi connectivity index (χ1n) is 12.7. The Morgan fingerprint density at radius 3 is 2.51 bits per heavy atom. The zero-order valence-corrected chi connectivity index (χ0v) is 22.8. The number of nitrogens with one attached hydrogen (secondary N) is 3. The number of hydrazone groups is 1. The van der Waals surface area contributed by atoms with Crippen molar-refractivity contribution in [2.45, 2.75) is 40.0 Å². The molecular weight excluding hydrogens is 504 g/mol. The summed E-state index contributed by atoms with van der Waals surface area (Å²) >= 11 is 0. The van der Waals surface area contributed by atoms with Crippen LogP contribution in [0.15, 0.2) is 58.8 Å². The summed E-state index contributed by atoms with van der Waals surface area (Å²) in [6, 6.07) is 11.3. The number of allylic oxidation sites excluding steroid dienone is 1. The number of hydrogen-bond donors (Lipinski definition) is 4. The standard InChI is InChI=1S/C28H36N4O7/c1-6-37-23-13-20(26-25(27(34)36-5)18(4)30-28(35)31-26)9-12-22(23)39-16-24(33)32-29-14-19-7-10-21(11-8-19)38-15-17(2)3/h7-14,17,24,26,32-33H,6,15-16H2,1-5H3,(H2,30,31,35)/b29-14-/t24-,26+/m1/s1. The quantitative estimate of drug-likeness (QED) is 0.131. The van der Waals surface area contributed by atoms with Crippen LogP contribution in [0.4, 0.5) is 4.79 Å². The van der Waals surface area contributed by atoms with Crippen molar-refractivity contribution in [1.29, 1.82) is 0 Å². The number of benzene rings is 2. The molecule has 0 saturated carbocycles. The molecule has 0 fully saturated rings. The molecule has 2 atom stereocenters. The van der Waals surface area contributed by atoms with Gasteiger partial charge in [-0.25, -0.2) is 9.59 Å². The molecule has 11 heteroatoms. The first kappa shape index (κ1) is 29.3. The fourth-order valence-corrected chi connectivity index (χ4v) is 3.73. The van der Waals surface area contributed by atoms with E-state index in [1.165, 1.54) is 7.11 Å². The number of aliphatic hydroxyl groups excluding tert-OH is 1. The van der Waals surface area contributed by atoms with E-state index in [1.807, 2.05) is 31.2 Å². The van der Waals surface area contributed by atoms with Crippen molar-refractivity contribution in [3.63, 3.8) is 0 Å². The molecule has 0 aliphatic carbocycles. The molecule has 2 aromatic rings. The number of aliphatic hydroxyl groups is 1. The summed E-state index contributed by atoms with van der Waals surface area (Å²) in [5.74, 6) is 1.44. The molecule has 11 nitrogen and oxygen atoms in total. The summed E-state index contributed by atoms with van der Waals surface area (Å²) in [4.78, 5) is 24.5. The topological polar surface area (TPSA) is 140 Å². The first-order valence-corrected chi connectivity index (χ1v) is 12.7. The number of hydrogen-bond acceptors (Lipinski definition) is 9. The predicted octanol–water partition coefficient (Wildman–Crippen LogP) is 3.24. The molecule has 39 heavy (non-hydrogen) atoms. The number of carbonyl (C=O) groups excluding carboxylic acids is 2.